The van der Waals surface area contributed by atoms with Crippen LogP contribution >= 0.6 is 23.4 Å². The summed E-state index contributed by atoms with van der Waals surface area (Å²) in [6, 6.07) is 12.8. The number of hydrogen-bond donors (Lipinski definition) is 1. The Morgan fingerprint density at radius 2 is 1.94 bits per heavy atom. The van der Waals surface area contributed by atoms with E-state index in [0.717, 1.165) is 17.5 Å². The van der Waals surface area contributed by atoms with Crippen molar-refractivity contribution in [2.75, 3.05) is 12.0 Å². The van der Waals surface area contributed by atoms with Crippen LogP contribution in [-0.2, 0) is 22.6 Å². The average molecular weight is 504 g/mol. The third-order valence-corrected chi connectivity index (χ3v) is 5.95. The van der Waals surface area contributed by atoms with Gasteiger partial charge in [0.05, 0.1) is 5.02 Å². The van der Waals surface area contributed by atoms with Crippen molar-refractivity contribution in [2.45, 2.75) is 38.8 Å². The van der Waals surface area contributed by atoms with Crippen molar-refractivity contribution >= 4 is 46.4 Å². The molecular formula is C25H26ClNO6S. The van der Waals surface area contributed by atoms with Gasteiger partial charge in [0, 0.05) is 17.5 Å². The minimum absolute atomic E-state index is 0.0459. The molecule has 0 bridgehead atoms. The minimum Gasteiger partial charge on any atom is -0.445 e. The third kappa shape index (κ3) is 7.01. The van der Waals surface area contributed by atoms with E-state index in [0.29, 0.717) is 24.0 Å². The first-order chi connectivity index (χ1) is 16.4. The quantitative estimate of drug-likeness (QED) is 0.226. The van der Waals surface area contributed by atoms with Crippen molar-refractivity contribution in [3.8, 4) is 5.75 Å². The number of carbonyl (C=O) groups is 2. The highest BCUT2D eigenvalue weighted by Crippen LogP contribution is 2.32. The van der Waals surface area contributed by atoms with Gasteiger partial charge >= 0.3 is 17.7 Å². The lowest BCUT2D eigenvalue weighted by atomic mass is 10.1. The van der Waals surface area contributed by atoms with E-state index < -0.39 is 23.7 Å². The molecule has 0 saturated carbocycles. The van der Waals surface area contributed by atoms with Crippen LogP contribution in [0.25, 0.3) is 11.0 Å². The maximum absolute atomic E-state index is 12.9. The predicted molar refractivity (Wildman–Crippen MR) is 134 cm³/mol. The van der Waals surface area contributed by atoms with Gasteiger partial charge < -0.3 is 19.2 Å². The molecule has 180 valence electrons. The number of benzene rings is 2. The predicted octanol–water partition coefficient (Wildman–Crippen LogP) is 5.35. The summed E-state index contributed by atoms with van der Waals surface area (Å²) in [6.07, 6.45) is 3.03. The molecule has 1 amide bonds. The van der Waals surface area contributed by atoms with Gasteiger partial charge in [0.15, 0.2) is 5.75 Å². The van der Waals surface area contributed by atoms with E-state index >= 15 is 0 Å². The van der Waals surface area contributed by atoms with Crippen LogP contribution in [0.3, 0.4) is 0 Å². The molecule has 7 nitrogen and oxygen atoms in total. The number of carbonyl (C=O) groups excluding carboxylic acids is 2. The number of amides is 1. The van der Waals surface area contributed by atoms with Gasteiger partial charge in [-0.1, -0.05) is 55.3 Å². The second-order valence-electron chi connectivity index (χ2n) is 7.58. The molecule has 0 radical (unpaired) electrons. The Kier molecular flexibility index (Phi) is 9.42. The third-order valence-electron chi connectivity index (χ3n) is 5.01. The number of rotatable bonds is 10. The zero-order valence-corrected chi connectivity index (χ0v) is 20.5. The zero-order valence-electron chi connectivity index (χ0n) is 19.0. The van der Waals surface area contributed by atoms with Crippen LogP contribution in [-0.4, -0.2) is 30.1 Å². The maximum Gasteiger partial charge on any atom is 0.408 e. The molecule has 1 atom stereocenters. The molecule has 0 unspecified atom stereocenters. The average Bonchev–Trinajstić information content (AvgIpc) is 2.82. The fraction of sp³-hybridized carbons (Fsp3) is 0.320. The molecule has 9 heteroatoms. The Morgan fingerprint density at radius 3 is 2.65 bits per heavy atom. The molecule has 1 heterocycles. The highest BCUT2D eigenvalue weighted by atomic mass is 35.5. The minimum atomic E-state index is -0.944. The molecule has 0 fully saturated rings. The normalized spacial score (nSPS) is 11.7. The monoisotopic (exact) mass is 503 g/mol. The number of aryl methyl sites for hydroxylation is 1. The summed E-state index contributed by atoms with van der Waals surface area (Å²) in [5, 5.41) is 3.45. The maximum atomic E-state index is 12.9. The summed E-state index contributed by atoms with van der Waals surface area (Å²) in [5.74, 6) is -0.0389. The fourth-order valence-electron chi connectivity index (χ4n) is 3.35. The molecule has 34 heavy (non-hydrogen) atoms. The summed E-state index contributed by atoms with van der Waals surface area (Å²) in [7, 11) is 0. The van der Waals surface area contributed by atoms with Crippen molar-refractivity contribution in [3.63, 3.8) is 0 Å². The number of esters is 1. The first kappa shape index (κ1) is 25.6. The van der Waals surface area contributed by atoms with Gasteiger partial charge in [-0.15, -0.1) is 0 Å². The summed E-state index contributed by atoms with van der Waals surface area (Å²) >= 11 is 7.91. The summed E-state index contributed by atoms with van der Waals surface area (Å²) in [4.78, 5) is 37.1. The number of ether oxygens (including phenoxy) is 2. The van der Waals surface area contributed by atoms with Crippen LogP contribution in [0.2, 0.25) is 5.02 Å². The smallest absolute Gasteiger partial charge is 0.408 e. The van der Waals surface area contributed by atoms with Crippen LogP contribution < -0.4 is 15.7 Å². The van der Waals surface area contributed by atoms with E-state index in [-0.39, 0.29) is 23.0 Å². The first-order valence-electron chi connectivity index (χ1n) is 10.9. The highest BCUT2D eigenvalue weighted by molar-refractivity contribution is 7.98. The number of halogens is 1. The second-order valence-corrected chi connectivity index (χ2v) is 8.97. The van der Waals surface area contributed by atoms with E-state index in [1.165, 1.54) is 23.9 Å². The molecule has 1 N–H and O–H groups in total. The number of fused-ring (bicyclic) bond motifs is 1. The van der Waals surface area contributed by atoms with Crippen molar-refractivity contribution in [3.05, 3.63) is 75.1 Å². The number of alkyl carbamates (subject to hydrolysis) is 1. The van der Waals surface area contributed by atoms with Crippen molar-refractivity contribution in [1.29, 1.82) is 0 Å². The molecule has 3 aromatic rings. The van der Waals surface area contributed by atoms with Crippen molar-refractivity contribution in [1.82, 2.24) is 5.32 Å². The summed E-state index contributed by atoms with van der Waals surface area (Å²) in [6.45, 7) is 2.08. The molecule has 0 aliphatic rings. The van der Waals surface area contributed by atoms with Crippen molar-refractivity contribution in [2.24, 2.45) is 0 Å². The van der Waals surface area contributed by atoms with Crippen LogP contribution in [0.5, 0.6) is 5.75 Å². The first-order valence-corrected chi connectivity index (χ1v) is 12.6. The number of nitrogens with one attached hydrogen (secondary N) is 1. The standard InChI is InChI=1S/C25H26ClNO6S/c1-3-7-17-12-23(28)32-21-14-22(19(26)13-18(17)21)33-24(29)20(10-11-34-2)27-25(30)31-15-16-8-5-4-6-9-16/h4-6,8-9,12-14,20H,3,7,10-11,15H2,1-2H3,(H,27,30)/t20-/m1/s1. The van der Waals surface area contributed by atoms with Crippen LogP contribution in [0.4, 0.5) is 4.79 Å². The molecule has 3 rings (SSSR count). The molecule has 0 aliphatic heterocycles. The lowest BCUT2D eigenvalue weighted by molar-refractivity contribution is -0.136. The summed E-state index contributed by atoms with van der Waals surface area (Å²) in [5.41, 5.74) is 1.43. The van der Waals surface area contributed by atoms with Crippen LogP contribution in [0.15, 0.2) is 57.7 Å². The van der Waals surface area contributed by atoms with Gasteiger partial charge in [-0.25, -0.2) is 14.4 Å². The van der Waals surface area contributed by atoms with Crippen LogP contribution in [0.1, 0.15) is 30.9 Å². The van der Waals surface area contributed by atoms with E-state index in [2.05, 4.69) is 5.32 Å². The van der Waals surface area contributed by atoms with Gasteiger partial charge in [-0.05, 0) is 42.0 Å². The van der Waals surface area contributed by atoms with E-state index in [1.54, 1.807) is 6.07 Å². The highest BCUT2D eigenvalue weighted by Gasteiger charge is 2.25. The second kappa shape index (κ2) is 12.5. The molecule has 0 spiro atoms. The Balaban J connectivity index is 1.74. The van der Waals surface area contributed by atoms with Gasteiger partial charge in [0.25, 0.3) is 0 Å². The fourth-order valence-corrected chi connectivity index (χ4v) is 4.03. The Bertz CT molecular complexity index is 1200. The van der Waals surface area contributed by atoms with E-state index in [1.807, 2.05) is 43.5 Å². The van der Waals surface area contributed by atoms with Gasteiger partial charge in [0.2, 0.25) is 0 Å². The van der Waals surface area contributed by atoms with Crippen LogP contribution in [0, 0.1) is 0 Å². The lowest BCUT2D eigenvalue weighted by Gasteiger charge is -2.18. The Morgan fingerprint density at radius 1 is 1.18 bits per heavy atom. The summed E-state index contributed by atoms with van der Waals surface area (Å²) < 4.78 is 16.0. The number of hydrogen-bond acceptors (Lipinski definition) is 7. The van der Waals surface area contributed by atoms with E-state index in [4.69, 9.17) is 25.5 Å². The topological polar surface area (TPSA) is 94.8 Å². The Hall–Kier alpha value is -2.97. The molecule has 0 saturated heterocycles. The van der Waals surface area contributed by atoms with Gasteiger partial charge in [-0.2, -0.15) is 11.8 Å². The molecular weight excluding hydrogens is 478 g/mol. The molecule has 0 aliphatic carbocycles. The van der Waals surface area contributed by atoms with Gasteiger partial charge in [0.1, 0.15) is 18.2 Å². The molecule has 2 aromatic carbocycles. The number of thioether (sulfide) groups is 1. The SMILES string of the molecule is CCCc1cc(=O)oc2cc(OC(=O)[C@@H](CCSC)NC(=O)OCc3ccccc3)c(Cl)cc12. The molecule has 1 aromatic heterocycles. The van der Waals surface area contributed by atoms with E-state index in [9.17, 15) is 14.4 Å². The largest absolute Gasteiger partial charge is 0.445 e. The zero-order chi connectivity index (χ0) is 24.5. The van der Waals surface area contributed by atoms with Gasteiger partial charge in [-0.3, -0.25) is 0 Å². The van der Waals surface area contributed by atoms with Crippen molar-refractivity contribution < 1.29 is 23.5 Å². The lowest BCUT2D eigenvalue weighted by Crippen LogP contribution is -2.43. The Labute approximate surface area is 206 Å².